The Labute approximate surface area is 201 Å². The first kappa shape index (κ1) is 25.4. The molecule has 1 aliphatic heterocycles. The first-order chi connectivity index (χ1) is 16.1. The van der Waals surface area contributed by atoms with Gasteiger partial charge in [0.15, 0.2) is 0 Å². The zero-order valence-corrected chi connectivity index (χ0v) is 20.8. The maximum absolute atomic E-state index is 13.5. The second-order valence-electron chi connectivity index (χ2n) is 8.56. The van der Waals surface area contributed by atoms with Crippen LogP contribution in [0.5, 0.6) is 0 Å². The van der Waals surface area contributed by atoms with Gasteiger partial charge < -0.3 is 10.2 Å². The van der Waals surface area contributed by atoms with Gasteiger partial charge in [0.1, 0.15) is 17.5 Å². The fourth-order valence-corrected chi connectivity index (χ4v) is 5.37. The molecule has 3 amide bonds. The monoisotopic (exact) mass is 485 g/mol. The van der Waals surface area contributed by atoms with Crippen LogP contribution < -0.4 is 5.32 Å². The van der Waals surface area contributed by atoms with Gasteiger partial charge in [-0.1, -0.05) is 55.8 Å². The van der Waals surface area contributed by atoms with E-state index in [9.17, 15) is 22.8 Å². The van der Waals surface area contributed by atoms with Crippen molar-refractivity contribution >= 4 is 27.7 Å². The van der Waals surface area contributed by atoms with Crippen LogP contribution in [0.2, 0.25) is 0 Å². The molecular formula is C25H31N3O5S. The molecule has 2 aromatic carbocycles. The molecule has 9 heteroatoms. The number of carbonyl (C=O) groups excluding carboxylic acids is 3. The van der Waals surface area contributed by atoms with Crippen molar-refractivity contribution in [1.82, 2.24) is 14.5 Å². The molecule has 182 valence electrons. The van der Waals surface area contributed by atoms with Crippen molar-refractivity contribution in [2.45, 2.75) is 64.1 Å². The van der Waals surface area contributed by atoms with E-state index < -0.39 is 34.4 Å². The molecule has 1 N–H and O–H groups in total. The van der Waals surface area contributed by atoms with Crippen LogP contribution in [0.3, 0.4) is 0 Å². The first-order valence-corrected chi connectivity index (χ1v) is 12.9. The minimum absolute atomic E-state index is 0.0435. The van der Waals surface area contributed by atoms with Gasteiger partial charge in [0.25, 0.3) is 15.9 Å². The summed E-state index contributed by atoms with van der Waals surface area (Å²) in [6, 6.07) is 12.5. The Morgan fingerprint density at radius 3 is 2.26 bits per heavy atom. The number of sulfonamides is 1. The van der Waals surface area contributed by atoms with Crippen molar-refractivity contribution in [3.8, 4) is 0 Å². The number of carbonyl (C=O) groups is 3. The second-order valence-corrected chi connectivity index (χ2v) is 10.4. The van der Waals surface area contributed by atoms with E-state index in [0.29, 0.717) is 10.7 Å². The van der Waals surface area contributed by atoms with Gasteiger partial charge in [-0.2, -0.15) is 0 Å². The van der Waals surface area contributed by atoms with Crippen molar-refractivity contribution in [1.29, 1.82) is 0 Å². The molecule has 8 nitrogen and oxygen atoms in total. The zero-order chi connectivity index (χ0) is 25.0. The molecule has 0 saturated carbocycles. The molecule has 0 aliphatic carbocycles. The van der Waals surface area contributed by atoms with Crippen LogP contribution in [0.4, 0.5) is 0 Å². The fraction of sp³-hybridized carbons (Fsp3) is 0.400. The van der Waals surface area contributed by atoms with Gasteiger partial charge in [-0.15, -0.1) is 0 Å². The quantitative estimate of drug-likeness (QED) is 0.588. The molecule has 0 aromatic heterocycles. The number of hydrogen-bond acceptors (Lipinski definition) is 5. The van der Waals surface area contributed by atoms with E-state index in [1.165, 1.54) is 23.1 Å². The molecule has 0 fully saturated rings. The van der Waals surface area contributed by atoms with Crippen LogP contribution in [-0.4, -0.2) is 54.0 Å². The highest BCUT2D eigenvalue weighted by atomic mass is 32.2. The summed E-state index contributed by atoms with van der Waals surface area (Å²) in [5, 5.41) is 2.91. The number of benzene rings is 2. The molecule has 2 atom stereocenters. The van der Waals surface area contributed by atoms with Gasteiger partial charge >= 0.3 is 0 Å². The van der Waals surface area contributed by atoms with E-state index in [2.05, 4.69) is 5.32 Å². The van der Waals surface area contributed by atoms with Gasteiger partial charge in [0, 0.05) is 12.6 Å². The summed E-state index contributed by atoms with van der Waals surface area (Å²) >= 11 is 0. The number of rotatable bonds is 9. The Morgan fingerprint density at radius 2 is 1.68 bits per heavy atom. The van der Waals surface area contributed by atoms with Crippen LogP contribution in [0.25, 0.3) is 0 Å². The summed E-state index contributed by atoms with van der Waals surface area (Å²) in [6.45, 7) is 7.01. The fourth-order valence-electron chi connectivity index (χ4n) is 3.85. The molecule has 2 aromatic rings. The molecule has 0 radical (unpaired) electrons. The Kier molecular flexibility index (Phi) is 7.76. The highest BCUT2D eigenvalue weighted by Crippen LogP contribution is 2.30. The van der Waals surface area contributed by atoms with Gasteiger partial charge in [-0.05, 0) is 44.4 Å². The first-order valence-electron chi connectivity index (χ1n) is 11.4. The van der Waals surface area contributed by atoms with Gasteiger partial charge in [0.05, 0.1) is 5.56 Å². The van der Waals surface area contributed by atoms with Crippen molar-refractivity contribution in [2.75, 3.05) is 6.54 Å². The van der Waals surface area contributed by atoms with Gasteiger partial charge in [-0.3, -0.25) is 14.4 Å². The number of nitrogens with one attached hydrogen (secondary N) is 1. The summed E-state index contributed by atoms with van der Waals surface area (Å²) in [4.78, 5) is 40.6. The molecule has 0 spiro atoms. The van der Waals surface area contributed by atoms with Crippen molar-refractivity contribution in [2.24, 2.45) is 0 Å². The molecule has 0 bridgehead atoms. The Morgan fingerprint density at radius 1 is 1.03 bits per heavy atom. The Bertz CT molecular complexity index is 1180. The minimum atomic E-state index is -4.14. The highest BCUT2D eigenvalue weighted by Gasteiger charge is 2.43. The lowest BCUT2D eigenvalue weighted by Crippen LogP contribution is -2.53. The molecule has 34 heavy (non-hydrogen) atoms. The number of nitrogens with zero attached hydrogens (tertiary/aromatic N) is 2. The van der Waals surface area contributed by atoms with Crippen LogP contribution >= 0.6 is 0 Å². The van der Waals surface area contributed by atoms with Gasteiger partial charge in [0.2, 0.25) is 11.8 Å². The zero-order valence-electron chi connectivity index (χ0n) is 19.9. The average Bonchev–Trinajstić information content (AvgIpc) is 3.00. The highest BCUT2D eigenvalue weighted by molar-refractivity contribution is 7.90. The van der Waals surface area contributed by atoms with E-state index in [4.69, 9.17) is 0 Å². The van der Waals surface area contributed by atoms with Crippen molar-refractivity contribution < 1.29 is 22.8 Å². The number of fused-ring (bicyclic) bond motifs is 1. The van der Waals surface area contributed by atoms with E-state index in [1.807, 2.05) is 45.0 Å². The van der Waals surface area contributed by atoms with Crippen molar-refractivity contribution in [3.05, 3.63) is 65.2 Å². The Hall–Kier alpha value is -3.20. The summed E-state index contributed by atoms with van der Waals surface area (Å²) in [5.74, 6) is -1.66. The van der Waals surface area contributed by atoms with Crippen LogP contribution in [0.15, 0.2) is 53.4 Å². The van der Waals surface area contributed by atoms with E-state index >= 15 is 0 Å². The maximum Gasteiger partial charge on any atom is 0.269 e. The van der Waals surface area contributed by atoms with Crippen molar-refractivity contribution in [3.63, 3.8) is 0 Å². The third-order valence-electron chi connectivity index (χ3n) is 6.05. The lowest BCUT2D eigenvalue weighted by atomic mass is 10.1. The van der Waals surface area contributed by atoms with E-state index in [-0.39, 0.29) is 29.0 Å². The predicted molar refractivity (Wildman–Crippen MR) is 128 cm³/mol. The lowest BCUT2D eigenvalue weighted by molar-refractivity contribution is -0.141. The standard InChI is InChI=1S/C25H31N3O5S/c1-5-18(4)26-24(30)21(6-2)27(15-19-13-11-17(3)12-14-19)23(29)16-28-25(31)20-9-7-8-10-22(20)34(28,32)33/h7-14,18,21H,5-6,15-16H2,1-4H3,(H,26,30)/t18-,21+/m1/s1. The summed E-state index contributed by atoms with van der Waals surface area (Å²) in [5.41, 5.74) is 1.89. The molecule has 1 heterocycles. The third kappa shape index (κ3) is 5.14. The SMILES string of the molecule is CC[C@@H](C)NC(=O)[C@H](CC)N(Cc1ccc(C)cc1)C(=O)CN1C(=O)c2ccccc2S1(=O)=O. The van der Waals surface area contributed by atoms with Gasteiger partial charge in [-0.25, -0.2) is 12.7 Å². The molecular weight excluding hydrogens is 454 g/mol. The minimum Gasteiger partial charge on any atom is -0.352 e. The van der Waals surface area contributed by atoms with Crippen LogP contribution in [0.1, 0.15) is 55.1 Å². The second kappa shape index (κ2) is 10.4. The smallest absolute Gasteiger partial charge is 0.269 e. The molecule has 0 saturated heterocycles. The molecule has 0 unspecified atom stereocenters. The average molecular weight is 486 g/mol. The number of amides is 3. The molecule has 1 aliphatic rings. The lowest BCUT2D eigenvalue weighted by Gasteiger charge is -2.32. The number of hydrogen-bond donors (Lipinski definition) is 1. The topological polar surface area (TPSA) is 104 Å². The summed E-state index contributed by atoms with van der Waals surface area (Å²) in [7, 11) is -4.14. The van der Waals surface area contributed by atoms with Crippen LogP contribution in [0, 0.1) is 6.92 Å². The normalized spacial score (nSPS) is 16.0. The maximum atomic E-state index is 13.5. The number of aryl methyl sites for hydroxylation is 1. The largest absolute Gasteiger partial charge is 0.352 e. The summed E-state index contributed by atoms with van der Waals surface area (Å²) < 4.78 is 26.5. The predicted octanol–water partition coefficient (Wildman–Crippen LogP) is 2.86. The third-order valence-corrected chi connectivity index (χ3v) is 7.84. The van der Waals surface area contributed by atoms with Crippen LogP contribution in [-0.2, 0) is 26.2 Å². The molecule has 3 rings (SSSR count). The Balaban J connectivity index is 1.92. The van der Waals surface area contributed by atoms with E-state index in [0.717, 1.165) is 17.5 Å². The van der Waals surface area contributed by atoms with E-state index in [1.54, 1.807) is 13.0 Å². The summed E-state index contributed by atoms with van der Waals surface area (Å²) in [6.07, 6.45) is 1.06.